The van der Waals surface area contributed by atoms with Gasteiger partial charge in [0.15, 0.2) is 0 Å². The zero-order chi connectivity index (χ0) is 21.8. The van der Waals surface area contributed by atoms with Crippen molar-refractivity contribution in [2.75, 3.05) is 13.7 Å². The lowest BCUT2D eigenvalue weighted by molar-refractivity contribution is 0.0550. The van der Waals surface area contributed by atoms with Crippen LogP contribution in [0.4, 0.5) is 4.39 Å². The van der Waals surface area contributed by atoms with Gasteiger partial charge in [-0.05, 0) is 67.3 Å². The van der Waals surface area contributed by atoms with Crippen molar-refractivity contribution in [1.29, 1.82) is 0 Å². The van der Waals surface area contributed by atoms with E-state index in [2.05, 4.69) is 5.32 Å². The van der Waals surface area contributed by atoms with Crippen LogP contribution in [-0.2, 0) is 6.54 Å². The van der Waals surface area contributed by atoms with Crippen molar-refractivity contribution in [3.8, 4) is 0 Å². The van der Waals surface area contributed by atoms with E-state index in [9.17, 15) is 14.0 Å². The average Bonchev–Trinajstić information content (AvgIpc) is 2.79. The van der Waals surface area contributed by atoms with Crippen LogP contribution >= 0.6 is 0 Å². The van der Waals surface area contributed by atoms with Crippen molar-refractivity contribution in [2.24, 2.45) is 11.8 Å². The Morgan fingerprint density at radius 2 is 1.81 bits per heavy atom. The molecule has 2 bridgehead atoms. The van der Waals surface area contributed by atoms with Gasteiger partial charge in [0.25, 0.3) is 11.8 Å². The summed E-state index contributed by atoms with van der Waals surface area (Å²) in [5, 5.41) is 3.27. The first kappa shape index (κ1) is 21.5. The van der Waals surface area contributed by atoms with Gasteiger partial charge in [0.2, 0.25) is 0 Å². The number of carbonyl (C=O) groups is 2. The number of carbonyl (C=O) groups excluding carboxylic acids is 2. The molecule has 31 heavy (non-hydrogen) atoms. The molecule has 4 nitrogen and oxygen atoms in total. The number of alkyl halides is 1. The second-order valence-electron chi connectivity index (χ2n) is 9.38. The number of rotatable bonds is 6. The molecule has 0 aromatic heterocycles. The van der Waals surface area contributed by atoms with Crippen LogP contribution in [0.5, 0.6) is 0 Å². The molecule has 0 aliphatic heterocycles. The molecule has 2 aliphatic rings. The lowest BCUT2D eigenvalue weighted by Crippen LogP contribution is -2.55. The van der Waals surface area contributed by atoms with E-state index < -0.39 is 0 Å². The van der Waals surface area contributed by atoms with Crippen LogP contribution in [0, 0.1) is 11.8 Å². The fraction of sp³-hybridized carbons (Fsp3) is 0.462. The van der Waals surface area contributed by atoms with Crippen LogP contribution in [0.1, 0.15) is 64.8 Å². The van der Waals surface area contributed by atoms with E-state index >= 15 is 0 Å². The minimum atomic E-state index is -0.294. The molecule has 0 saturated heterocycles. The summed E-state index contributed by atoms with van der Waals surface area (Å²) in [6.07, 6.45) is 5.87. The van der Waals surface area contributed by atoms with Crippen molar-refractivity contribution < 1.29 is 14.0 Å². The Bertz CT molecular complexity index is 915. The van der Waals surface area contributed by atoms with Gasteiger partial charge < -0.3 is 10.2 Å². The number of nitrogens with zero attached hydrogens (tertiary/aromatic N) is 1. The standard InChI is InChI=1S/C26H31FN2O2/c1-29(25(31)23-7-3-2-4-8-23)18-19-9-11-22(12-10-19)24(30)28-26-13-5-6-20(15-26)14-21(16-26)17-27/h2-4,7-12,20-21H,5-6,13-18H2,1H3,(H,28,30). The summed E-state index contributed by atoms with van der Waals surface area (Å²) in [5.74, 6) is 0.483. The van der Waals surface area contributed by atoms with Crippen molar-refractivity contribution in [3.63, 3.8) is 0 Å². The molecule has 164 valence electrons. The van der Waals surface area contributed by atoms with Crippen LogP contribution in [0.25, 0.3) is 0 Å². The van der Waals surface area contributed by atoms with Crippen LogP contribution in [0.3, 0.4) is 0 Å². The topological polar surface area (TPSA) is 49.4 Å². The molecule has 0 radical (unpaired) electrons. The first-order valence-corrected chi connectivity index (χ1v) is 11.3. The molecule has 3 unspecified atom stereocenters. The van der Waals surface area contributed by atoms with Gasteiger partial charge in [-0.3, -0.25) is 14.0 Å². The van der Waals surface area contributed by atoms with Gasteiger partial charge in [0.05, 0.1) is 6.67 Å². The van der Waals surface area contributed by atoms with Gasteiger partial charge in [0, 0.05) is 30.3 Å². The van der Waals surface area contributed by atoms with E-state index in [0.717, 1.165) is 44.1 Å². The Morgan fingerprint density at radius 1 is 1.06 bits per heavy atom. The van der Waals surface area contributed by atoms with Crippen LogP contribution in [-0.4, -0.2) is 36.0 Å². The fourth-order valence-corrected chi connectivity index (χ4v) is 5.48. The summed E-state index contributed by atoms with van der Waals surface area (Å²) in [6, 6.07) is 16.6. The zero-order valence-corrected chi connectivity index (χ0v) is 18.1. The van der Waals surface area contributed by atoms with Gasteiger partial charge in [-0.2, -0.15) is 0 Å². The summed E-state index contributed by atoms with van der Waals surface area (Å²) in [4.78, 5) is 27.2. The third kappa shape index (κ3) is 4.97. The van der Waals surface area contributed by atoms with Gasteiger partial charge in [-0.1, -0.05) is 43.2 Å². The summed E-state index contributed by atoms with van der Waals surface area (Å²) in [6.45, 7) is 0.178. The summed E-state index contributed by atoms with van der Waals surface area (Å²) >= 11 is 0. The molecule has 2 fully saturated rings. The predicted molar refractivity (Wildman–Crippen MR) is 120 cm³/mol. The maximum Gasteiger partial charge on any atom is 0.253 e. The largest absolute Gasteiger partial charge is 0.347 e. The van der Waals surface area contributed by atoms with E-state index in [4.69, 9.17) is 0 Å². The molecule has 0 heterocycles. The van der Waals surface area contributed by atoms with Gasteiger partial charge in [-0.25, -0.2) is 0 Å². The summed E-state index contributed by atoms with van der Waals surface area (Å²) in [5.41, 5.74) is 1.98. The highest BCUT2D eigenvalue weighted by atomic mass is 19.1. The maximum atomic E-state index is 13.4. The van der Waals surface area contributed by atoms with Crippen molar-refractivity contribution in [3.05, 3.63) is 71.3 Å². The summed E-state index contributed by atoms with van der Waals surface area (Å²) in [7, 11) is 1.78. The maximum absolute atomic E-state index is 13.4. The van der Waals surface area contributed by atoms with Crippen LogP contribution < -0.4 is 5.32 Å². The monoisotopic (exact) mass is 422 g/mol. The minimum Gasteiger partial charge on any atom is -0.347 e. The van der Waals surface area contributed by atoms with E-state index in [1.807, 2.05) is 42.5 Å². The Labute approximate surface area is 183 Å². The van der Waals surface area contributed by atoms with E-state index in [-0.39, 0.29) is 29.9 Å². The Balaban J connectivity index is 1.38. The highest BCUT2D eigenvalue weighted by molar-refractivity contribution is 5.95. The first-order chi connectivity index (χ1) is 15.0. The summed E-state index contributed by atoms with van der Waals surface area (Å²) < 4.78 is 13.4. The number of amides is 2. The number of fused-ring (bicyclic) bond motifs is 2. The SMILES string of the molecule is CN(Cc1ccc(C(=O)NC23CCCC(CC(CF)C2)C3)cc1)C(=O)c1ccccc1. The van der Waals surface area contributed by atoms with E-state index in [1.165, 1.54) is 0 Å². The van der Waals surface area contributed by atoms with E-state index in [0.29, 0.717) is 23.6 Å². The third-order valence-corrected chi connectivity index (χ3v) is 6.89. The molecule has 0 spiro atoms. The Kier molecular flexibility index (Phi) is 6.40. The van der Waals surface area contributed by atoms with E-state index in [1.54, 1.807) is 24.1 Å². The van der Waals surface area contributed by atoms with Gasteiger partial charge in [-0.15, -0.1) is 0 Å². The molecule has 2 aliphatic carbocycles. The van der Waals surface area contributed by atoms with Gasteiger partial charge in [0.1, 0.15) is 0 Å². The molecule has 2 saturated carbocycles. The molecular weight excluding hydrogens is 391 g/mol. The fourth-order valence-electron chi connectivity index (χ4n) is 5.48. The molecule has 3 atom stereocenters. The smallest absolute Gasteiger partial charge is 0.253 e. The quantitative estimate of drug-likeness (QED) is 0.712. The van der Waals surface area contributed by atoms with Crippen molar-refractivity contribution in [2.45, 2.75) is 50.6 Å². The van der Waals surface area contributed by atoms with Gasteiger partial charge >= 0.3 is 0 Å². The predicted octanol–water partition coefficient (Wildman–Crippen LogP) is 5.00. The number of benzene rings is 2. The van der Waals surface area contributed by atoms with Crippen molar-refractivity contribution in [1.82, 2.24) is 10.2 Å². The lowest BCUT2D eigenvalue weighted by atomic mass is 9.63. The number of hydrogen-bond donors (Lipinski definition) is 1. The lowest BCUT2D eigenvalue weighted by Gasteiger charge is -2.48. The molecule has 5 heteroatoms. The Morgan fingerprint density at radius 3 is 2.52 bits per heavy atom. The third-order valence-electron chi connectivity index (χ3n) is 6.89. The van der Waals surface area contributed by atoms with Crippen LogP contribution in [0.15, 0.2) is 54.6 Å². The normalized spacial score (nSPS) is 25.0. The Hall–Kier alpha value is -2.69. The number of nitrogens with one attached hydrogen (secondary N) is 1. The second-order valence-corrected chi connectivity index (χ2v) is 9.38. The average molecular weight is 423 g/mol. The van der Waals surface area contributed by atoms with Crippen LogP contribution in [0.2, 0.25) is 0 Å². The molecule has 2 amide bonds. The first-order valence-electron chi connectivity index (χ1n) is 11.3. The highest BCUT2D eigenvalue weighted by Crippen LogP contribution is 2.45. The molecule has 1 N–H and O–H groups in total. The van der Waals surface area contributed by atoms with Crippen molar-refractivity contribution >= 4 is 11.8 Å². The second kappa shape index (κ2) is 9.21. The molecule has 2 aromatic rings. The zero-order valence-electron chi connectivity index (χ0n) is 18.1. The minimum absolute atomic E-state index is 0.0342. The molecule has 4 rings (SSSR count). The number of hydrogen-bond acceptors (Lipinski definition) is 2. The number of halogens is 1. The molecular formula is C26H31FN2O2. The highest BCUT2D eigenvalue weighted by Gasteiger charge is 2.44. The molecule has 2 aromatic carbocycles.